The van der Waals surface area contributed by atoms with Gasteiger partial charge in [0.15, 0.2) is 5.67 Å². The first-order valence-corrected chi connectivity index (χ1v) is 6.81. The van der Waals surface area contributed by atoms with E-state index in [9.17, 15) is 32.6 Å². The number of rotatable bonds is 2. The van der Waals surface area contributed by atoms with E-state index in [-0.39, 0.29) is 18.6 Å². The van der Waals surface area contributed by atoms with Gasteiger partial charge in [-0.15, -0.1) is 0 Å². The first-order valence-electron chi connectivity index (χ1n) is 6.81. The van der Waals surface area contributed by atoms with Crippen LogP contribution in [0.15, 0.2) is 0 Å². The number of hydrogen-bond donors (Lipinski definition) is 2. The minimum Gasteiger partial charge on any atom is -0.356 e. The van der Waals surface area contributed by atoms with Crippen molar-refractivity contribution in [3.05, 3.63) is 0 Å². The third kappa shape index (κ3) is 2.15. The maximum Gasteiger partial charge on any atom is 0.446 e. The van der Waals surface area contributed by atoms with Gasteiger partial charge in [0, 0.05) is 0 Å². The van der Waals surface area contributed by atoms with Crippen molar-refractivity contribution in [1.29, 1.82) is 0 Å². The maximum atomic E-state index is 14.8. The molecule has 0 aromatic heterocycles. The Labute approximate surface area is 114 Å². The van der Waals surface area contributed by atoms with Crippen LogP contribution < -0.4 is 0 Å². The van der Waals surface area contributed by atoms with E-state index >= 15 is 0 Å². The molecule has 3 nitrogen and oxygen atoms in total. The summed E-state index contributed by atoms with van der Waals surface area (Å²) in [4.78, 5) is 11.2. The van der Waals surface area contributed by atoms with Crippen LogP contribution in [-0.4, -0.2) is 34.1 Å². The molecule has 7 heteroatoms. The lowest BCUT2D eigenvalue weighted by molar-refractivity contribution is -0.404. The molecule has 0 heterocycles. The van der Waals surface area contributed by atoms with Crippen LogP contribution in [0.4, 0.5) is 17.6 Å². The van der Waals surface area contributed by atoms with Crippen molar-refractivity contribution in [1.82, 2.24) is 0 Å². The van der Waals surface area contributed by atoms with Crippen molar-refractivity contribution in [2.45, 2.75) is 56.2 Å². The Bertz CT molecular complexity index is 382. The molecule has 2 fully saturated rings. The van der Waals surface area contributed by atoms with Crippen molar-refractivity contribution in [2.75, 3.05) is 0 Å². The maximum absolute atomic E-state index is 14.8. The fourth-order valence-electron chi connectivity index (χ4n) is 3.82. The normalized spacial score (nSPS) is 39.2. The lowest BCUT2D eigenvalue weighted by Crippen LogP contribution is -2.67. The molecule has 0 spiro atoms. The third-order valence-electron chi connectivity index (χ3n) is 4.96. The monoisotopic (exact) mass is 298 g/mol. The molecule has 2 N–H and O–H groups in total. The summed E-state index contributed by atoms with van der Waals surface area (Å²) in [5.74, 6) is -6.67. The summed E-state index contributed by atoms with van der Waals surface area (Å²) in [5, 5.41) is 18.6. The zero-order valence-corrected chi connectivity index (χ0v) is 10.9. The topological polar surface area (TPSA) is 57.5 Å². The van der Waals surface area contributed by atoms with Gasteiger partial charge in [-0.2, -0.15) is 13.2 Å². The van der Waals surface area contributed by atoms with Gasteiger partial charge in [0.1, 0.15) is 6.29 Å². The summed E-state index contributed by atoms with van der Waals surface area (Å²) in [5.41, 5.74) is -3.37. The molecule has 4 unspecified atom stereocenters. The number of aldehydes is 1. The van der Waals surface area contributed by atoms with Gasteiger partial charge in [-0.05, 0) is 31.1 Å². The Morgan fingerprint density at radius 2 is 1.70 bits per heavy atom. The predicted molar refractivity (Wildman–Crippen MR) is 61.3 cm³/mol. The Hall–Kier alpha value is -0.690. The average molecular weight is 298 g/mol. The van der Waals surface area contributed by atoms with E-state index in [0.717, 1.165) is 19.3 Å². The lowest BCUT2D eigenvalue weighted by Gasteiger charge is -2.50. The summed E-state index contributed by atoms with van der Waals surface area (Å²) < 4.78 is 53.1. The second-order valence-electron chi connectivity index (χ2n) is 5.94. The van der Waals surface area contributed by atoms with Crippen LogP contribution in [0.25, 0.3) is 0 Å². The third-order valence-corrected chi connectivity index (χ3v) is 4.96. The van der Waals surface area contributed by atoms with E-state index in [2.05, 4.69) is 0 Å². The molecule has 2 saturated carbocycles. The highest BCUT2D eigenvalue weighted by Gasteiger charge is 2.71. The van der Waals surface area contributed by atoms with Crippen LogP contribution in [0.3, 0.4) is 0 Å². The smallest absolute Gasteiger partial charge is 0.356 e. The second kappa shape index (κ2) is 4.94. The van der Waals surface area contributed by atoms with E-state index in [1.54, 1.807) is 0 Å². The molecule has 0 amide bonds. The lowest BCUT2D eigenvalue weighted by atomic mass is 9.58. The predicted octanol–water partition coefficient (Wildman–Crippen LogP) is 2.35. The Balaban J connectivity index is 2.37. The minimum absolute atomic E-state index is 0.00754. The van der Waals surface area contributed by atoms with E-state index in [1.165, 1.54) is 0 Å². The number of halogens is 4. The number of hydrogen-bond acceptors (Lipinski definition) is 3. The fraction of sp³-hybridized carbons (Fsp3) is 0.923. The van der Waals surface area contributed by atoms with Crippen molar-refractivity contribution in [3.63, 3.8) is 0 Å². The van der Waals surface area contributed by atoms with Gasteiger partial charge in [0.2, 0.25) is 0 Å². The van der Waals surface area contributed by atoms with Crippen LogP contribution in [0.2, 0.25) is 0 Å². The number of carbonyl (C=O) groups is 1. The first-order chi connectivity index (χ1) is 9.15. The van der Waals surface area contributed by atoms with E-state index in [0.29, 0.717) is 6.42 Å². The summed E-state index contributed by atoms with van der Waals surface area (Å²) in [6.45, 7) is 0. The van der Waals surface area contributed by atoms with Crippen LogP contribution in [0.5, 0.6) is 0 Å². The van der Waals surface area contributed by atoms with Crippen molar-refractivity contribution in [3.8, 4) is 0 Å². The minimum atomic E-state index is -5.54. The Morgan fingerprint density at radius 3 is 2.25 bits per heavy atom. The largest absolute Gasteiger partial charge is 0.446 e. The Kier molecular flexibility index (Phi) is 3.88. The summed E-state index contributed by atoms with van der Waals surface area (Å²) in [6, 6.07) is 0. The van der Waals surface area contributed by atoms with Crippen LogP contribution in [0.1, 0.15) is 38.5 Å². The van der Waals surface area contributed by atoms with Gasteiger partial charge in [-0.25, -0.2) is 4.39 Å². The van der Waals surface area contributed by atoms with Gasteiger partial charge in [0.25, 0.3) is 5.79 Å². The number of carbonyl (C=O) groups excluding carboxylic acids is 1. The van der Waals surface area contributed by atoms with Gasteiger partial charge in [-0.3, -0.25) is 0 Å². The first kappa shape index (κ1) is 15.7. The number of alkyl halides is 4. The molecule has 0 aliphatic heterocycles. The number of fused-ring (bicyclic) bond motifs is 1. The molecular weight excluding hydrogens is 280 g/mol. The summed E-state index contributed by atoms with van der Waals surface area (Å²) in [6.07, 6.45) is -3.09. The van der Waals surface area contributed by atoms with Gasteiger partial charge < -0.3 is 15.0 Å². The van der Waals surface area contributed by atoms with Gasteiger partial charge >= 0.3 is 6.18 Å². The quantitative estimate of drug-likeness (QED) is 0.467. The van der Waals surface area contributed by atoms with Crippen molar-refractivity contribution >= 4 is 6.29 Å². The fourth-order valence-corrected chi connectivity index (χ4v) is 3.82. The Morgan fingerprint density at radius 1 is 1.10 bits per heavy atom. The molecule has 4 atom stereocenters. The number of aliphatic hydroxyl groups is 2. The molecule has 0 saturated heterocycles. The van der Waals surface area contributed by atoms with Crippen molar-refractivity contribution in [2.24, 2.45) is 17.8 Å². The van der Waals surface area contributed by atoms with E-state index < -0.39 is 35.9 Å². The molecule has 0 aromatic carbocycles. The van der Waals surface area contributed by atoms with Gasteiger partial charge in [-0.1, -0.05) is 19.3 Å². The van der Waals surface area contributed by atoms with Crippen LogP contribution in [-0.2, 0) is 4.79 Å². The molecule has 0 aromatic rings. The molecule has 0 bridgehead atoms. The summed E-state index contributed by atoms with van der Waals surface area (Å²) in [7, 11) is 0. The highest BCUT2D eigenvalue weighted by Crippen LogP contribution is 2.55. The second-order valence-corrected chi connectivity index (χ2v) is 5.94. The molecule has 20 heavy (non-hydrogen) atoms. The molecule has 116 valence electrons. The SMILES string of the molecule is O=CC1C2CCCCC2CCC1(F)C(O)(O)C(F)(F)F. The van der Waals surface area contributed by atoms with Crippen LogP contribution in [0, 0.1) is 17.8 Å². The van der Waals surface area contributed by atoms with E-state index in [1.807, 2.05) is 0 Å². The highest BCUT2D eigenvalue weighted by molar-refractivity contribution is 5.57. The zero-order valence-electron chi connectivity index (χ0n) is 10.9. The molecule has 2 aliphatic carbocycles. The molecule has 2 rings (SSSR count). The highest BCUT2D eigenvalue weighted by atomic mass is 19.4. The van der Waals surface area contributed by atoms with E-state index in [4.69, 9.17) is 0 Å². The van der Waals surface area contributed by atoms with Gasteiger partial charge in [0.05, 0.1) is 5.92 Å². The standard InChI is InChI=1S/C13H18F4O3/c14-11(12(19,20)13(15,16)17)6-5-8-3-1-2-4-9(8)10(11)7-18/h7-10,19-20H,1-6H2. The molecular formula is C13H18F4O3. The van der Waals surface area contributed by atoms with Crippen molar-refractivity contribution < 1.29 is 32.6 Å². The zero-order chi connectivity index (χ0) is 15.2. The average Bonchev–Trinajstić information content (AvgIpc) is 2.37. The van der Waals surface area contributed by atoms with Crippen LogP contribution >= 0.6 is 0 Å². The summed E-state index contributed by atoms with van der Waals surface area (Å²) >= 11 is 0. The molecule has 2 aliphatic rings. The molecule has 0 radical (unpaired) electrons.